The minimum absolute atomic E-state index is 0.0347. The number of amides is 1. The van der Waals surface area contributed by atoms with E-state index in [-0.39, 0.29) is 48.9 Å². The lowest BCUT2D eigenvalue weighted by Crippen LogP contribution is -2.47. The minimum atomic E-state index is -0.585. The third-order valence-corrected chi connectivity index (χ3v) is 8.00. The summed E-state index contributed by atoms with van der Waals surface area (Å²) in [7, 11) is 0. The highest BCUT2D eigenvalue weighted by atomic mass is 16.6. The van der Waals surface area contributed by atoms with Gasteiger partial charge in [0.05, 0.1) is 17.3 Å². The highest BCUT2D eigenvalue weighted by Gasteiger charge is 2.45. The van der Waals surface area contributed by atoms with Gasteiger partial charge in [-0.15, -0.1) is 0 Å². The molecule has 38 heavy (non-hydrogen) atoms. The van der Waals surface area contributed by atoms with E-state index in [1.807, 2.05) is 51.1 Å². The van der Waals surface area contributed by atoms with Crippen molar-refractivity contribution in [2.75, 3.05) is 6.61 Å². The number of ether oxygens (including phenoxy) is 2. The number of esters is 2. The first-order chi connectivity index (χ1) is 18.1. The van der Waals surface area contributed by atoms with Crippen molar-refractivity contribution in [1.82, 2.24) is 5.32 Å². The number of aliphatic hydroxyl groups excluding tert-OH is 1. The molecule has 1 unspecified atom stereocenters. The predicted molar refractivity (Wildman–Crippen MR) is 146 cm³/mol. The largest absolute Gasteiger partial charge is 0.461 e. The molecule has 1 aromatic rings. The highest BCUT2D eigenvalue weighted by Crippen LogP contribution is 2.45. The van der Waals surface area contributed by atoms with E-state index in [1.165, 1.54) is 0 Å². The van der Waals surface area contributed by atoms with E-state index in [0.717, 1.165) is 50.5 Å². The second-order valence-corrected chi connectivity index (χ2v) is 12.3. The molecular weight excluding hydrogens is 482 g/mol. The van der Waals surface area contributed by atoms with Crippen molar-refractivity contribution in [1.29, 1.82) is 0 Å². The van der Waals surface area contributed by atoms with Crippen LogP contribution in [-0.2, 0) is 30.5 Å². The molecule has 2 saturated carbocycles. The Hall–Kier alpha value is -2.41. The van der Waals surface area contributed by atoms with Crippen molar-refractivity contribution in [2.45, 2.75) is 116 Å². The van der Waals surface area contributed by atoms with Crippen molar-refractivity contribution in [3.63, 3.8) is 0 Å². The first-order valence-electron chi connectivity index (χ1n) is 14.5. The topological polar surface area (TPSA) is 102 Å². The molecule has 1 aromatic carbocycles. The Morgan fingerprint density at radius 2 is 1.68 bits per heavy atom. The van der Waals surface area contributed by atoms with E-state index in [1.54, 1.807) is 0 Å². The summed E-state index contributed by atoms with van der Waals surface area (Å²) < 4.78 is 11.3. The zero-order valence-corrected chi connectivity index (χ0v) is 23.5. The van der Waals surface area contributed by atoms with Gasteiger partial charge < -0.3 is 19.9 Å². The molecule has 1 atom stereocenters. The standard InChI is InChI=1S/C31H47NO6/c1-30(2,3)38-28(35)25(13-7-10-20-33)21-31(18-8-9-19-31)29(36)32-26-16-14-24(15-17-26)27(34)37-22-23-11-5-4-6-12-23/h4-6,11-12,24-26,33H,7-10,13-22H2,1-3H3,(H,32,36). The van der Waals surface area contributed by atoms with E-state index >= 15 is 0 Å². The van der Waals surface area contributed by atoms with Crippen LogP contribution in [0.5, 0.6) is 0 Å². The maximum Gasteiger partial charge on any atom is 0.309 e. The molecule has 1 amide bonds. The van der Waals surface area contributed by atoms with Gasteiger partial charge in [0.1, 0.15) is 12.2 Å². The zero-order valence-electron chi connectivity index (χ0n) is 23.5. The second kappa shape index (κ2) is 14.1. The number of carbonyl (C=O) groups is 3. The van der Waals surface area contributed by atoms with Gasteiger partial charge in [0.15, 0.2) is 0 Å². The van der Waals surface area contributed by atoms with Gasteiger partial charge in [-0.2, -0.15) is 0 Å². The fourth-order valence-electron chi connectivity index (χ4n) is 5.90. The molecule has 7 nitrogen and oxygen atoms in total. The lowest BCUT2D eigenvalue weighted by atomic mass is 9.75. The number of hydrogen-bond acceptors (Lipinski definition) is 6. The SMILES string of the molecule is CC(C)(C)OC(=O)C(CCCCO)CC1(C(=O)NC2CCC(C(=O)OCc3ccccc3)CC2)CCCC1. The Balaban J connectivity index is 1.55. The van der Waals surface area contributed by atoms with Crippen LogP contribution in [0.2, 0.25) is 0 Å². The quantitative estimate of drug-likeness (QED) is 0.275. The average Bonchev–Trinajstić information content (AvgIpc) is 3.37. The third-order valence-electron chi connectivity index (χ3n) is 8.00. The van der Waals surface area contributed by atoms with E-state index in [0.29, 0.717) is 32.1 Å². The molecular formula is C31H47NO6. The van der Waals surface area contributed by atoms with Gasteiger partial charge in [0.2, 0.25) is 5.91 Å². The predicted octanol–water partition coefficient (Wildman–Crippen LogP) is 5.48. The molecule has 212 valence electrons. The monoisotopic (exact) mass is 529 g/mol. The molecule has 2 aliphatic carbocycles. The Labute approximate surface area is 228 Å². The van der Waals surface area contributed by atoms with Crippen LogP contribution >= 0.6 is 0 Å². The Morgan fingerprint density at radius 1 is 1.03 bits per heavy atom. The van der Waals surface area contributed by atoms with Crippen molar-refractivity contribution < 1.29 is 29.0 Å². The summed E-state index contributed by atoms with van der Waals surface area (Å²) in [6.45, 7) is 5.97. The van der Waals surface area contributed by atoms with Crippen molar-refractivity contribution in [3.8, 4) is 0 Å². The highest BCUT2D eigenvalue weighted by molar-refractivity contribution is 5.84. The zero-order chi connectivity index (χ0) is 27.6. The number of carbonyl (C=O) groups excluding carboxylic acids is 3. The van der Waals surface area contributed by atoms with E-state index in [4.69, 9.17) is 9.47 Å². The molecule has 2 aliphatic rings. The van der Waals surface area contributed by atoms with Gasteiger partial charge in [-0.3, -0.25) is 14.4 Å². The molecule has 0 aromatic heterocycles. The first kappa shape index (κ1) is 30.1. The van der Waals surface area contributed by atoms with Crippen LogP contribution < -0.4 is 5.32 Å². The van der Waals surface area contributed by atoms with Crippen LogP contribution in [0.3, 0.4) is 0 Å². The van der Waals surface area contributed by atoms with Gasteiger partial charge >= 0.3 is 11.9 Å². The Morgan fingerprint density at radius 3 is 2.29 bits per heavy atom. The molecule has 0 bridgehead atoms. The summed E-state index contributed by atoms with van der Waals surface area (Å²) in [4.78, 5) is 39.4. The normalized spacial score (nSPS) is 21.9. The number of nitrogens with one attached hydrogen (secondary N) is 1. The number of benzene rings is 1. The van der Waals surface area contributed by atoms with Crippen molar-refractivity contribution in [3.05, 3.63) is 35.9 Å². The number of rotatable bonds is 12. The van der Waals surface area contributed by atoms with Crippen LogP contribution in [0.4, 0.5) is 0 Å². The Kier molecular flexibility index (Phi) is 11.2. The van der Waals surface area contributed by atoms with E-state index in [9.17, 15) is 19.5 Å². The molecule has 0 spiro atoms. The van der Waals surface area contributed by atoms with Gasteiger partial charge in [-0.25, -0.2) is 0 Å². The average molecular weight is 530 g/mol. The smallest absolute Gasteiger partial charge is 0.309 e. The molecule has 0 aliphatic heterocycles. The van der Waals surface area contributed by atoms with Crippen LogP contribution in [0.1, 0.15) is 103 Å². The van der Waals surface area contributed by atoms with E-state index < -0.39 is 11.0 Å². The van der Waals surface area contributed by atoms with Crippen molar-refractivity contribution >= 4 is 17.8 Å². The summed E-state index contributed by atoms with van der Waals surface area (Å²) in [6, 6.07) is 9.72. The third kappa shape index (κ3) is 9.11. The lowest BCUT2D eigenvalue weighted by molar-refractivity contribution is -0.162. The van der Waals surface area contributed by atoms with Gasteiger partial charge in [-0.05, 0) is 84.1 Å². The van der Waals surface area contributed by atoms with Crippen molar-refractivity contribution in [2.24, 2.45) is 17.3 Å². The fourth-order valence-corrected chi connectivity index (χ4v) is 5.90. The summed E-state index contributed by atoms with van der Waals surface area (Å²) >= 11 is 0. The number of aliphatic hydroxyl groups is 1. The molecule has 7 heteroatoms. The number of unbranched alkanes of at least 4 members (excludes halogenated alkanes) is 1. The van der Waals surface area contributed by atoms with Gasteiger partial charge in [0.25, 0.3) is 0 Å². The van der Waals surface area contributed by atoms with Gasteiger partial charge in [-0.1, -0.05) is 49.6 Å². The second-order valence-electron chi connectivity index (χ2n) is 12.3. The maximum atomic E-state index is 13.7. The van der Waals surface area contributed by atoms with Crippen LogP contribution in [0.15, 0.2) is 30.3 Å². The van der Waals surface area contributed by atoms with Gasteiger partial charge in [0, 0.05) is 12.6 Å². The van der Waals surface area contributed by atoms with Crippen LogP contribution in [-0.4, -0.2) is 41.2 Å². The summed E-state index contributed by atoms with van der Waals surface area (Å²) in [5.74, 6) is -0.853. The first-order valence-corrected chi connectivity index (χ1v) is 14.5. The molecule has 2 fully saturated rings. The molecule has 2 N–H and O–H groups in total. The Bertz CT molecular complexity index is 895. The molecule has 0 radical (unpaired) electrons. The fraction of sp³-hybridized carbons (Fsp3) is 0.710. The lowest BCUT2D eigenvalue weighted by Gasteiger charge is -2.35. The van der Waals surface area contributed by atoms with Crippen LogP contribution in [0.25, 0.3) is 0 Å². The van der Waals surface area contributed by atoms with E-state index in [2.05, 4.69) is 5.32 Å². The number of hydrogen-bond donors (Lipinski definition) is 2. The molecule has 3 rings (SSSR count). The molecule has 0 saturated heterocycles. The van der Waals surface area contributed by atoms with Crippen LogP contribution in [0, 0.1) is 17.3 Å². The molecule has 0 heterocycles. The summed E-state index contributed by atoms with van der Waals surface area (Å²) in [5.41, 5.74) is -0.172. The minimum Gasteiger partial charge on any atom is -0.461 e. The summed E-state index contributed by atoms with van der Waals surface area (Å²) in [5, 5.41) is 12.5. The summed E-state index contributed by atoms with van der Waals surface area (Å²) in [6.07, 6.45) is 8.87. The maximum absolute atomic E-state index is 13.7.